The summed E-state index contributed by atoms with van der Waals surface area (Å²) in [5.74, 6) is 1.28. The molecule has 1 aliphatic carbocycles. The lowest BCUT2D eigenvalue weighted by molar-refractivity contribution is 0.225. The average Bonchev–Trinajstić information content (AvgIpc) is 3.10. The maximum Gasteiger partial charge on any atom is 0.218 e. The Morgan fingerprint density at radius 2 is 2.05 bits per heavy atom. The van der Waals surface area contributed by atoms with Gasteiger partial charge in [0.1, 0.15) is 17.6 Å². The molecule has 1 aliphatic rings. The Bertz CT molecular complexity index is 441. The molecule has 0 amide bonds. The van der Waals surface area contributed by atoms with Crippen LogP contribution in [-0.4, -0.2) is 41.1 Å². The molecule has 19 heavy (non-hydrogen) atoms. The lowest BCUT2D eigenvalue weighted by Gasteiger charge is -2.18. The minimum absolute atomic E-state index is 0.131. The Balaban J connectivity index is 1.93. The summed E-state index contributed by atoms with van der Waals surface area (Å²) in [6.45, 7) is 7.72. The van der Waals surface area contributed by atoms with Gasteiger partial charge in [0.25, 0.3) is 0 Å². The third kappa shape index (κ3) is 4.32. The van der Waals surface area contributed by atoms with Gasteiger partial charge in [-0.15, -0.1) is 0 Å². The predicted octanol–water partition coefficient (Wildman–Crippen LogP) is 2.90. The topological polar surface area (TPSA) is 38.2 Å². The van der Waals surface area contributed by atoms with E-state index in [-0.39, 0.29) is 5.41 Å². The van der Waals surface area contributed by atoms with Gasteiger partial charge in [-0.2, -0.15) is 4.98 Å². The highest BCUT2D eigenvalue weighted by Gasteiger charge is 2.25. The first-order chi connectivity index (χ1) is 8.86. The van der Waals surface area contributed by atoms with Crippen LogP contribution in [0.2, 0.25) is 5.15 Å². The van der Waals surface area contributed by atoms with E-state index in [0.29, 0.717) is 23.5 Å². The quantitative estimate of drug-likeness (QED) is 0.779. The lowest BCUT2D eigenvalue weighted by atomic mass is 9.96. The fraction of sp³-hybridized carbons (Fsp3) is 0.714. The third-order valence-corrected chi connectivity index (χ3v) is 3.40. The van der Waals surface area contributed by atoms with Crippen LogP contribution in [0.1, 0.15) is 39.4 Å². The first kappa shape index (κ1) is 14.5. The Morgan fingerprint density at radius 1 is 1.37 bits per heavy atom. The molecule has 1 heterocycles. The number of ether oxygens (including phenoxy) is 1. The van der Waals surface area contributed by atoms with Crippen LogP contribution < -0.4 is 4.74 Å². The van der Waals surface area contributed by atoms with Gasteiger partial charge in [0, 0.05) is 24.1 Å². The molecule has 0 unspecified atom stereocenters. The Kier molecular flexibility index (Phi) is 4.31. The Morgan fingerprint density at radius 3 is 2.63 bits per heavy atom. The van der Waals surface area contributed by atoms with Gasteiger partial charge in [0.15, 0.2) is 0 Å². The van der Waals surface area contributed by atoms with Gasteiger partial charge in [0.2, 0.25) is 5.88 Å². The molecule has 0 radical (unpaired) electrons. The van der Waals surface area contributed by atoms with Gasteiger partial charge in [0.05, 0.1) is 0 Å². The van der Waals surface area contributed by atoms with Crippen LogP contribution in [0.4, 0.5) is 0 Å². The Hall–Kier alpha value is -0.870. The van der Waals surface area contributed by atoms with Crippen LogP contribution in [0.5, 0.6) is 5.88 Å². The highest BCUT2D eigenvalue weighted by atomic mass is 35.5. The average molecular weight is 284 g/mol. The molecule has 1 aromatic heterocycles. The predicted molar refractivity (Wildman–Crippen MR) is 76.9 cm³/mol. The fourth-order valence-electron chi connectivity index (χ4n) is 1.80. The van der Waals surface area contributed by atoms with E-state index in [9.17, 15) is 0 Å². The van der Waals surface area contributed by atoms with E-state index < -0.39 is 0 Å². The van der Waals surface area contributed by atoms with Gasteiger partial charge in [-0.05, 0) is 19.9 Å². The van der Waals surface area contributed by atoms with Crippen molar-refractivity contribution < 1.29 is 4.74 Å². The van der Waals surface area contributed by atoms with Crippen LogP contribution in [0.3, 0.4) is 0 Å². The summed E-state index contributed by atoms with van der Waals surface area (Å²) in [7, 11) is 2.13. The number of aromatic nitrogens is 2. The molecule has 0 atom stereocenters. The molecule has 4 nitrogen and oxygen atoms in total. The highest BCUT2D eigenvalue weighted by molar-refractivity contribution is 6.29. The largest absolute Gasteiger partial charge is 0.476 e. The zero-order chi connectivity index (χ0) is 14.0. The van der Waals surface area contributed by atoms with Gasteiger partial charge < -0.3 is 9.64 Å². The van der Waals surface area contributed by atoms with Crippen molar-refractivity contribution in [3.63, 3.8) is 0 Å². The smallest absolute Gasteiger partial charge is 0.218 e. The summed E-state index contributed by atoms with van der Waals surface area (Å²) in [5, 5.41) is 0.436. The lowest BCUT2D eigenvalue weighted by Crippen LogP contribution is -2.26. The minimum Gasteiger partial charge on any atom is -0.476 e. The summed E-state index contributed by atoms with van der Waals surface area (Å²) < 4.78 is 5.69. The van der Waals surface area contributed by atoms with Crippen molar-refractivity contribution in [3.05, 3.63) is 17.0 Å². The molecular weight excluding hydrogens is 262 g/mol. The number of likely N-dealkylation sites (N-methyl/N-ethyl adjacent to an activating group) is 1. The highest BCUT2D eigenvalue weighted by Crippen LogP contribution is 2.25. The second kappa shape index (κ2) is 5.63. The molecule has 5 heteroatoms. The summed E-state index contributed by atoms with van der Waals surface area (Å²) >= 11 is 6.02. The number of nitrogens with zero attached hydrogens (tertiary/aromatic N) is 3. The van der Waals surface area contributed by atoms with Crippen molar-refractivity contribution in [1.29, 1.82) is 0 Å². The zero-order valence-electron chi connectivity index (χ0n) is 12.1. The summed E-state index contributed by atoms with van der Waals surface area (Å²) in [5.41, 5.74) is -0.131. The molecule has 0 aromatic carbocycles. The van der Waals surface area contributed by atoms with Crippen molar-refractivity contribution in [2.45, 2.75) is 45.1 Å². The molecule has 0 spiro atoms. The van der Waals surface area contributed by atoms with E-state index in [4.69, 9.17) is 16.3 Å². The van der Waals surface area contributed by atoms with Crippen LogP contribution in [0, 0.1) is 0 Å². The second-order valence-electron chi connectivity index (χ2n) is 6.16. The zero-order valence-corrected chi connectivity index (χ0v) is 12.9. The Labute approximate surface area is 120 Å². The number of hydrogen-bond donors (Lipinski definition) is 0. The molecule has 1 saturated carbocycles. The van der Waals surface area contributed by atoms with E-state index in [1.165, 1.54) is 12.8 Å². The van der Waals surface area contributed by atoms with Crippen LogP contribution >= 0.6 is 11.6 Å². The summed E-state index contributed by atoms with van der Waals surface area (Å²) in [4.78, 5) is 11.0. The molecular formula is C14H22ClN3O. The molecule has 1 aromatic rings. The first-order valence-electron chi connectivity index (χ1n) is 6.74. The summed E-state index contributed by atoms with van der Waals surface area (Å²) in [6.07, 6.45) is 2.62. The number of rotatable bonds is 5. The van der Waals surface area contributed by atoms with E-state index >= 15 is 0 Å². The van der Waals surface area contributed by atoms with Crippen molar-refractivity contribution in [2.24, 2.45) is 0 Å². The van der Waals surface area contributed by atoms with Crippen molar-refractivity contribution >= 4 is 11.6 Å². The van der Waals surface area contributed by atoms with Crippen LogP contribution in [0.15, 0.2) is 6.07 Å². The van der Waals surface area contributed by atoms with E-state index in [1.807, 2.05) is 0 Å². The first-order valence-corrected chi connectivity index (χ1v) is 7.12. The monoisotopic (exact) mass is 283 g/mol. The maximum atomic E-state index is 6.02. The van der Waals surface area contributed by atoms with Gasteiger partial charge in [-0.25, -0.2) is 4.98 Å². The number of halogens is 1. The van der Waals surface area contributed by atoms with E-state index in [0.717, 1.165) is 12.6 Å². The standard InChI is InChI=1S/C14H22ClN3O/c1-14(2,3)13-16-11(15)9-12(17-13)19-8-7-18(4)10-5-6-10/h9-10H,5-8H2,1-4H3. The molecule has 0 aliphatic heterocycles. The molecule has 0 saturated heterocycles. The molecule has 1 fully saturated rings. The van der Waals surface area contributed by atoms with Crippen molar-refractivity contribution in [1.82, 2.24) is 14.9 Å². The van der Waals surface area contributed by atoms with Crippen molar-refractivity contribution in [3.8, 4) is 5.88 Å². The maximum absolute atomic E-state index is 6.02. The summed E-state index contributed by atoms with van der Waals surface area (Å²) in [6, 6.07) is 2.43. The number of hydrogen-bond acceptors (Lipinski definition) is 4. The van der Waals surface area contributed by atoms with Crippen LogP contribution in [-0.2, 0) is 5.41 Å². The van der Waals surface area contributed by atoms with Crippen LogP contribution in [0.25, 0.3) is 0 Å². The van der Waals surface area contributed by atoms with E-state index in [2.05, 4.69) is 42.7 Å². The normalized spacial score (nSPS) is 15.9. The van der Waals surface area contributed by atoms with Gasteiger partial charge >= 0.3 is 0 Å². The fourth-order valence-corrected chi connectivity index (χ4v) is 1.97. The second-order valence-corrected chi connectivity index (χ2v) is 6.55. The molecule has 2 rings (SSSR count). The molecule has 0 bridgehead atoms. The third-order valence-electron chi connectivity index (χ3n) is 3.21. The van der Waals surface area contributed by atoms with Crippen molar-refractivity contribution in [2.75, 3.05) is 20.2 Å². The van der Waals surface area contributed by atoms with Gasteiger partial charge in [-0.3, -0.25) is 0 Å². The molecule has 0 N–H and O–H groups in total. The SMILES string of the molecule is CN(CCOc1cc(Cl)nc(C(C)(C)C)n1)C1CC1. The van der Waals surface area contributed by atoms with Gasteiger partial charge in [-0.1, -0.05) is 32.4 Å². The molecule has 106 valence electrons. The van der Waals surface area contributed by atoms with E-state index in [1.54, 1.807) is 6.07 Å². The minimum atomic E-state index is -0.131.